The van der Waals surface area contributed by atoms with Gasteiger partial charge in [0.1, 0.15) is 0 Å². The van der Waals surface area contributed by atoms with Gasteiger partial charge in [-0.15, -0.1) is 0 Å². The van der Waals surface area contributed by atoms with Crippen LogP contribution in [0.25, 0.3) is 11.3 Å². The highest BCUT2D eigenvalue weighted by molar-refractivity contribution is 6.30. The van der Waals surface area contributed by atoms with E-state index in [0.717, 1.165) is 70.5 Å². The Morgan fingerprint density at radius 3 is 1.76 bits per heavy atom. The fourth-order valence-electron chi connectivity index (χ4n) is 4.43. The monoisotopic (exact) mass is 415 g/mol. The molecule has 1 aromatic heterocycles. The number of aromatic amines is 1. The van der Waals surface area contributed by atoms with Gasteiger partial charge in [0.15, 0.2) is 0 Å². The number of benzene rings is 1. The van der Waals surface area contributed by atoms with Crippen LogP contribution in [0.5, 0.6) is 0 Å². The van der Waals surface area contributed by atoms with E-state index >= 15 is 0 Å². The van der Waals surface area contributed by atoms with Crippen LogP contribution in [0.15, 0.2) is 24.3 Å². The van der Waals surface area contributed by atoms with Gasteiger partial charge in [0, 0.05) is 76.2 Å². The summed E-state index contributed by atoms with van der Waals surface area (Å²) < 4.78 is 0. The molecule has 1 N–H and O–H groups in total. The first kappa shape index (κ1) is 20.9. The van der Waals surface area contributed by atoms with Gasteiger partial charge >= 0.3 is 0 Å². The second-order valence-corrected chi connectivity index (χ2v) is 9.18. The van der Waals surface area contributed by atoms with Crippen molar-refractivity contribution in [1.29, 1.82) is 0 Å². The zero-order chi connectivity index (χ0) is 20.4. The van der Waals surface area contributed by atoms with Gasteiger partial charge in [-0.05, 0) is 49.8 Å². The quantitative estimate of drug-likeness (QED) is 0.812. The zero-order valence-electron chi connectivity index (χ0n) is 18.0. The lowest BCUT2D eigenvalue weighted by Crippen LogP contribution is -2.45. The molecule has 2 saturated heterocycles. The number of H-pyrrole nitrogens is 1. The predicted octanol–water partition coefficient (Wildman–Crippen LogP) is 3.14. The van der Waals surface area contributed by atoms with Crippen molar-refractivity contribution in [1.82, 2.24) is 24.6 Å². The summed E-state index contributed by atoms with van der Waals surface area (Å²) in [5.41, 5.74) is 6.75. The molecule has 0 unspecified atom stereocenters. The Kier molecular flexibility index (Phi) is 6.62. The Balaban J connectivity index is 1.62. The minimum absolute atomic E-state index is 0.787. The van der Waals surface area contributed by atoms with E-state index in [1.54, 1.807) is 0 Å². The van der Waals surface area contributed by atoms with E-state index in [2.05, 4.69) is 57.7 Å². The third-order valence-corrected chi connectivity index (χ3v) is 6.77. The van der Waals surface area contributed by atoms with Crippen LogP contribution in [0.1, 0.15) is 16.8 Å². The van der Waals surface area contributed by atoms with Gasteiger partial charge in [0.2, 0.25) is 0 Å². The van der Waals surface area contributed by atoms with Gasteiger partial charge < -0.3 is 14.8 Å². The lowest BCUT2D eigenvalue weighted by molar-refractivity contribution is 0.141. The molecular weight excluding hydrogens is 382 g/mol. The average Bonchev–Trinajstić information content (AvgIpc) is 3.01. The number of hydrogen-bond donors (Lipinski definition) is 1. The molecule has 29 heavy (non-hydrogen) atoms. The Labute approximate surface area is 180 Å². The van der Waals surface area contributed by atoms with Crippen LogP contribution in [-0.2, 0) is 13.1 Å². The van der Waals surface area contributed by atoms with E-state index in [-0.39, 0.29) is 0 Å². The summed E-state index contributed by atoms with van der Waals surface area (Å²) >= 11 is 6.15. The molecule has 0 saturated carbocycles. The molecular formula is C23H34ClN5. The third-order valence-electron chi connectivity index (χ3n) is 6.52. The number of likely N-dealkylation sites (N-methyl/N-ethyl adjacent to an activating group) is 2. The first-order valence-corrected chi connectivity index (χ1v) is 11.2. The smallest absolute Gasteiger partial charge is 0.0505 e. The van der Waals surface area contributed by atoms with Gasteiger partial charge in [-0.25, -0.2) is 0 Å². The topological polar surface area (TPSA) is 28.8 Å². The Morgan fingerprint density at radius 2 is 1.24 bits per heavy atom. The summed E-state index contributed by atoms with van der Waals surface area (Å²) in [4.78, 5) is 13.8. The first-order chi connectivity index (χ1) is 14.0. The lowest BCUT2D eigenvalue weighted by atomic mass is 10.0. The highest BCUT2D eigenvalue weighted by atomic mass is 35.5. The standard InChI is InChI=1S/C23H34ClN5/c1-18-21(16-28-12-8-26(2)9-13-28)22(17-29-14-10-27(3)11-15-29)23(25-18)19-4-6-20(24)7-5-19/h4-7,25H,8-17H2,1-3H3. The van der Waals surface area contributed by atoms with E-state index in [0.29, 0.717) is 0 Å². The maximum absolute atomic E-state index is 6.15. The molecule has 2 aromatic rings. The summed E-state index contributed by atoms with van der Waals surface area (Å²) in [5, 5.41) is 0.787. The molecule has 5 nitrogen and oxygen atoms in total. The minimum atomic E-state index is 0.787. The number of nitrogens with one attached hydrogen (secondary N) is 1. The van der Waals surface area contributed by atoms with Gasteiger partial charge in [-0.3, -0.25) is 9.80 Å². The molecule has 0 bridgehead atoms. The summed E-state index contributed by atoms with van der Waals surface area (Å²) in [6, 6.07) is 8.27. The third kappa shape index (κ3) is 5.04. The number of rotatable bonds is 5. The fourth-order valence-corrected chi connectivity index (χ4v) is 4.55. The van der Waals surface area contributed by atoms with E-state index in [4.69, 9.17) is 11.6 Å². The summed E-state index contributed by atoms with van der Waals surface area (Å²) in [7, 11) is 4.44. The van der Waals surface area contributed by atoms with E-state index in [1.807, 2.05) is 12.1 Å². The Hall–Kier alpha value is -1.37. The first-order valence-electron chi connectivity index (χ1n) is 10.8. The molecule has 0 atom stereocenters. The van der Waals surface area contributed by atoms with Crippen LogP contribution >= 0.6 is 11.6 Å². The largest absolute Gasteiger partial charge is 0.358 e. The minimum Gasteiger partial charge on any atom is -0.358 e. The normalized spacial score (nSPS) is 20.4. The van der Waals surface area contributed by atoms with Crippen molar-refractivity contribution >= 4 is 11.6 Å². The van der Waals surface area contributed by atoms with E-state index in [1.165, 1.54) is 28.1 Å². The number of piperazine rings is 2. The van der Waals surface area contributed by atoms with Crippen molar-refractivity contribution in [3.63, 3.8) is 0 Å². The van der Waals surface area contributed by atoms with Crippen molar-refractivity contribution < 1.29 is 0 Å². The average molecular weight is 416 g/mol. The van der Waals surface area contributed by atoms with Crippen LogP contribution in [0.4, 0.5) is 0 Å². The Bertz CT molecular complexity index is 799. The molecule has 2 aliphatic heterocycles. The highest BCUT2D eigenvalue weighted by Crippen LogP contribution is 2.31. The second-order valence-electron chi connectivity index (χ2n) is 8.75. The number of hydrogen-bond acceptors (Lipinski definition) is 4. The molecule has 0 amide bonds. The molecule has 0 spiro atoms. The second kappa shape index (κ2) is 9.19. The van der Waals surface area contributed by atoms with Crippen LogP contribution < -0.4 is 0 Å². The van der Waals surface area contributed by atoms with Crippen LogP contribution in [0.3, 0.4) is 0 Å². The van der Waals surface area contributed by atoms with E-state index in [9.17, 15) is 0 Å². The molecule has 0 aliphatic carbocycles. The summed E-state index contributed by atoms with van der Waals surface area (Å²) in [6.07, 6.45) is 0. The number of nitrogens with zero attached hydrogens (tertiary/aromatic N) is 4. The van der Waals surface area contributed by atoms with Crippen LogP contribution in [0, 0.1) is 6.92 Å². The van der Waals surface area contributed by atoms with E-state index < -0.39 is 0 Å². The SMILES string of the molecule is Cc1[nH]c(-c2ccc(Cl)cc2)c(CN2CCN(C)CC2)c1CN1CCN(C)CC1. The Morgan fingerprint density at radius 1 is 0.759 bits per heavy atom. The van der Waals surface area contributed by atoms with Gasteiger partial charge in [-0.1, -0.05) is 23.7 Å². The molecule has 2 fully saturated rings. The fraction of sp³-hybridized carbons (Fsp3) is 0.565. The number of aromatic nitrogens is 1. The highest BCUT2D eigenvalue weighted by Gasteiger charge is 2.23. The molecule has 1 aromatic carbocycles. The summed E-state index contributed by atoms with van der Waals surface area (Å²) in [6.45, 7) is 13.4. The lowest BCUT2D eigenvalue weighted by Gasteiger charge is -2.34. The molecule has 4 rings (SSSR count). The molecule has 158 valence electrons. The van der Waals surface area contributed by atoms with Crippen LogP contribution in [0.2, 0.25) is 5.02 Å². The van der Waals surface area contributed by atoms with Crippen molar-refractivity contribution in [2.45, 2.75) is 20.0 Å². The van der Waals surface area contributed by atoms with Crippen LogP contribution in [-0.4, -0.2) is 91.0 Å². The van der Waals surface area contributed by atoms with Gasteiger partial charge in [-0.2, -0.15) is 0 Å². The van der Waals surface area contributed by atoms with Crippen molar-refractivity contribution in [2.75, 3.05) is 66.5 Å². The zero-order valence-corrected chi connectivity index (χ0v) is 18.8. The number of aryl methyl sites for hydroxylation is 1. The molecule has 6 heteroatoms. The van der Waals surface area contributed by atoms with Crippen molar-refractivity contribution in [3.8, 4) is 11.3 Å². The predicted molar refractivity (Wildman–Crippen MR) is 122 cm³/mol. The van der Waals surface area contributed by atoms with Crippen molar-refractivity contribution in [3.05, 3.63) is 46.1 Å². The summed E-state index contributed by atoms with van der Waals surface area (Å²) in [5.74, 6) is 0. The van der Waals surface area contributed by atoms with Gasteiger partial charge in [0.05, 0.1) is 5.69 Å². The molecule has 3 heterocycles. The maximum Gasteiger partial charge on any atom is 0.0505 e. The van der Waals surface area contributed by atoms with Crippen molar-refractivity contribution in [2.24, 2.45) is 0 Å². The number of halogens is 1. The molecule has 0 radical (unpaired) electrons. The maximum atomic E-state index is 6.15. The van der Waals surface area contributed by atoms with Gasteiger partial charge in [0.25, 0.3) is 0 Å². The molecule has 2 aliphatic rings.